The van der Waals surface area contributed by atoms with Gasteiger partial charge in [-0.15, -0.1) is 0 Å². The minimum absolute atomic E-state index is 0.331. The van der Waals surface area contributed by atoms with Gasteiger partial charge in [-0.25, -0.2) is 0 Å². The zero-order chi connectivity index (χ0) is 6.85. The van der Waals surface area contributed by atoms with Gasteiger partial charge < -0.3 is 0 Å². The zero-order valence-corrected chi connectivity index (χ0v) is 6.17. The van der Waals surface area contributed by atoms with Crippen LogP contribution < -0.4 is 0 Å². The minimum Gasteiger partial charge on any atom is -0.0938 e. The van der Waals surface area contributed by atoms with Crippen molar-refractivity contribution in [3.63, 3.8) is 0 Å². The lowest BCUT2D eigenvalue weighted by molar-refractivity contribution is 0.459. The molecule has 1 rings (SSSR count). The molecule has 0 N–H and O–H groups in total. The summed E-state index contributed by atoms with van der Waals surface area (Å²) >= 11 is 0. The molecule has 0 unspecified atom stereocenters. The van der Waals surface area contributed by atoms with E-state index in [0.717, 1.165) is 18.3 Å². The largest absolute Gasteiger partial charge is 0.0938 e. The van der Waals surface area contributed by atoms with Gasteiger partial charge in [-0.3, -0.25) is 0 Å². The lowest BCUT2D eigenvalue weighted by Gasteiger charge is -2.12. The fourth-order valence-corrected chi connectivity index (χ4v) is 1.25. The van der Waals surface area contributed by atoms with Crippen LogP contribution in [0, 0.1) is 11.8 Å². The first-order chi connectivity index (χ1) is 4.20. The predicted molar refractivity (Wildman–Crippen MR) is 41.6 cm³/mol. The Bertz CT molecular complexity index is 116. The van der Waals surface area contributed by atoms with Crippen LogP contribution in [0.25, 0.3) is 0 Å². The van der Waals surface area contributed by atoms with Crippen molar-refractivity contribution < 1.29 is 0 Å². The number of hydrogen-bond donors (Lipinski definition) is 0. The first-order valence-corrected chi connectivity index (χ1v) is 3.64. The Hall–Kier alpha value is -0.195. The number of hydrogen-bond acceptors (Lipinski definition) is 0. The molecule has 0 nitrogen and oxygen atoms in total. The normalized spacial score (nSPS) is 34.1. The van der Waals surface area contributed by atoms with Crippen LogP contribution in [0.3, 0.4) is 0 Å². The van der Waals surface area contributed by atoms with E-state index in [1.165, 1.54) is 0 Å². The Morgan fingerprint density at radius 1 is 1.44 bits per heavy atom. The van der Waals surface area contributed by atoms with Gasteiger partial charge >= 0.3 is 0 Å². The van der Waals surface area contributed by atoms with E-state index in [-0.39, 0.29) is 0 Å². The maximum atomic E-state index is 5.68. The Morgan fingerprint density at radius 2 is 2.11 bits per heavy atom. The summed E-state index contributed by atoms with van der Waals surface area (Å²) in [5, 5.41) is 0. The van der Waals surface area contributed by atoms with E-state index in [1.54, 1.807) is 0 Å². The van der Waals surface area contributed by atoms with Gasteiger partial charge in [0.1, 0.15) is 0 Å². The van der Waals surface area contributed by atoms with Crippen LogP contribution in [0.2, 0.25) is 5.82 Å². The summed E-state index contributed by atoms with van der Waals surface area (Å²) in [6.45, 7) is 4.49. The molecule has 9 heavy (non-hydrogen) atoms. The molecule has 0 aromatic rings. The quantitative estimate of drug-likeness (QED) is 0.367. The molecule has 0 saturated carbocycles. The highest BCUT2D eigenvalue weighted by atomic mass is 14.2. The lowest BCUT2D eigenvalue weighted by atomic mass is 9.83. The topological polar surface area (TPSA) is 0 Å². The van der Waals surface area contributed by atoms with Crippen LogP contribution in [-0.4, -0.2) is 7.85 Å². The van der Waals surface area contributed by atoms with Crippen LogP contribution in [0.1, 0.15) is 20.3 Å². The fourth-order valence-electron chi connectivity index (χ4n) is 1.25. The second-order valence-electron chi connectivity index (χ2n) is 3.19. The standard InChI is InChI=1S/C8H13B/c1-6(2)7-3-4-8(9)5-7/h3-4,6-8H,5H2,1-2H3/t7-,8+/m0/s1. The molecule has 0 aromatic heterocycles. The molecule has 0 aliphatic heterocycles. The van der Waals surface area contributed by atoms with Gasteiger partial charge in [-0.2, -0.15) is 0 Å². The van der Waals surface area contributed by atoms with E-state index in [4.69, 9.17) is 7.85 Å². The van der Waals surface area contributed by atoms with Crippen molar-refractivity contribution in [1.29, 1.82) is 0 Å². The van der Waals surface area contributed by atoms with Crippen molar-refractivity contribution >= 4 is 7.85 Å². The average molecular weight is 120 g/mol. The van der Waals surface area contributed by atoms with E-state index < -0.39 is 0 Å². The van der Waals surface area contributed by atoms with Crippen molar-refractivity contribution in [3.05, 3.63) is 12.2 Å². The highest BCUT2D eigenvalue weighted by molar-refractivity contribution is 6.13. The maximum absolute atomic E-state index is 5.68. The van der Waals surface area contributed by atoms with Crippen molar-refractivity contribution in [2.24, 2.45) is 11.8 Å². The monoisotopic (exact) mass is 120 g/mol. The van der Waals surface area contributed by atoms with Crippen LogP contribution in [0.5, 0.6) is 0 Å². The minimum atomic E-state index is 0.331. The third-order valence-corrected chi connectivity index (χ3v) is 2.01. The molecule has 48 valence electrons. The van der Waals surface area contributed by atoms with Crippen LogP contribution in [0.4, 0.5) is 0 Å². The maximum Gasteiger partial charge on any atom is 0.0755 e. The molecule has 1 aliphatic carbocycles. The van der Waals surface area contributed by atoms with E-state index in [9.17, 15) is 0 Å². The summed E-state index contributed by atoms with van der Waals surface area (Å²) in [7, 11) is 5.68. The fraction of sp³-hybridized carbons (Fsp3) is 0.750. The SMILES string of the molecule is [B][C@@H]1C=C[C@H](C(C)C)C1. The molecule has 0 bridgehead atoms. The third-order valence-electron chi connectivity index (χ3n) is 2.01. The van der Waals surface area contributed by atoms with Gasteiger partial charge in [0.15, 0.2) is 0 Å². The van der Waals surface area contributed by atoms with Crippen LogP contribution in [-0.2, 0) is 0 Å². The Labute approximate surface area is 58.8 Å². The Kier molecular flexibility index (Phi) is 1.99. The summed E-state index contributed by atoms with van der Waals surface area (Å²) in [5.74, 6) is 1.83. The molecule has 0 amide bonds. The van der Waals surface area contributed by atoms with Crippen LogP contribution in [0.15, 0.2) is 12.2 Å². The molecule has 2 atom stereocenters. The van der Waals surface area contributed by atoms with Gasteiger partial charge in [0.25, 0.3) is 0 Å². The predicted octanol–water partition coefficient (Wildman–Crippen LogP) is 2.18. The van der Waals surface area contributed by atoms with Gasteiger partial charge in [-0.05, 0) is 18.3 Å². The molecule has 1 heteroatoms. The third kappa shape index (κ3) is 1.60. The van der Waals surface area contributed by atoms with E-state index >= 15 is 0 Å². The van der Waals surface area contributed by atoms with Crippen molar-refractivity contribution in [2.75, 3.05) is 0 Å². The molecule has 0 fully saturated rings. The van der Waals surface area contributed by atoms with E-state index in [2.05, 4.69) is 26.0 Å². The van der Waals surface area contributed by atoms with Crippen molar-refractivity contribution in [1.82, 2.24) is 0 Å². The second-order valence-corrected chi connectivity index (χ2v) is 3.19. The van der Waals surface area contributed by atoms with Gasteiger partial charge in [-0.1, -0.05) is 31.8 Å². The number of allylic oxidation sites excluding steroid dienone is 2. The molecular weight excluding hydrogens is 107 g/mol. The lowest BCUT2D eigenvalue weighted by Crippen LogP contribution is -2.02. The average Bonchev–Trinajstić information content (AvgIpc) is 2.14. The van der Waals surface area contributed by atoms with Gasteiger partial charge in [0.05, 0.1) is 7.85 Å². The Balaban J connectivity index is 2.41. The van der Waals surface area contributed by atoms with Crippen molar-refractivity contribution in [3.8, 4) is 0 Å². The van der Waals surface area contributed by atoms with E-state index in [0.29, 0.717) is 5.82 Å². The summed E-state index contributed by atoms with van der Waals surface area (Å²) in [6.07, 6.45) is 5.51. The van der Waals surface area contributed by atoms with Gasteiger partial charge in [0, 0.05) is 0 Å². The smallest absolute Gasteiger partial charge is 0.0755 e. The molecule has 0 heterocycles. The summed E-state index contributed by atoms with van der Waals surface area (Å²) in [6, 6.07) is 0. The molecule has 0 saturated heterocycles. The summed E-state index contributed by atoms with van der Waals surface area (Å²) in [5.41, 5.74) is 0. The number of rotatable bonds is 1. The van der Waals surface area contributed by atoms with Gasteiger partial charge in [0.2, 0.25) is 0 Å². The highest BCUT2D eigenvalue weighted by Crippen LogP contribution is 2.30. The molecule has 1 aliphatic rings. The Morgan fingerprint density at radius 3 is 2.33 bits per heavy atom. The first-order valence-electron chi connectivity index (χ1n) is 3.64. The summed E-state index contributed by atoms with van der Waals surface area (Å²) in [4.78, 5) is 0. The highest BCUT2D eigenvalue weighted by Gasteiger charge is 2.16. The molecular formula is C8H13B. The molecule has 2 radical (unpaired) electrons. The zero-order valence-electron chi connectivity index (χ0n) is 6.17. The second kappa shape index (κ2) is 2.59. The van der Waals surface area contributed by atoms with Crippen molar-refractivity contribution in [2.45, 2.75) is 26.1 Å². The summed E-state index contributed by atoms with van der Waals surface area (Å²) < 4.78 is 0. The molecule has 0 aromatic carbocycles. The van der Waals surface area contributed by atoms with Crippen LogP contribution >= 0.6 is 0 Å². The molecule has 0 spiro atoms. The first kappa shape index (κ1) is 6.92. The van der Waals surface area contributed by atoms with E-state index in [1.807, 2.05) is 0 Å².